The smallest absolute Gasteiger partial charge is 0.328 e. The zero-order chi connectivity index (χ0) is 16.2. The highest BCUT2D eigenvalue weighted by molar-refractivity contribution is 6.30. The summed E-state index contributed by atoms with van der Waals surface area (Å²) in [6.07, 6.45) is -1.02. The molecule has 2 N–H and O–H groups in total. The molecule has 0 heterocycles. The van der Waals surface area contributed by atoms with Crippen LogP contribution in [0.1, 0.15) is 26.3 Å². The number of hydrogen-bond acceptors (Lipinski definition) is 4. The highest BCUT2D eigenvalue weighted by Gasteiger charge is 2.55. The van der Waals surface area contributed by atoms with Crippen LogP contribution < -0.4 is 0 Å². The predicted molar refractivity (Wildman–Crippen MR) is 78.2 cm³/mol. The van der Waals surface area contributed by atoms with Crippen LogP contribution in [0.2, 0.25) is 5.02 Å². The van der Waals surface area contributed by atoms with E-state index in [0.29, 0.717) is 5.02 Å². The summed E-state index contributed by atoms with van der Waals surface area (Å²) >= 11 is 5.91. The quantitative estimate of drug-likeness (QED) is 0.621. The normalized spacial score (nSPS) is 16.6. The molecule has 0 amide bonds. The number of benzene rings is 1. The largest absolute Gasteiger partial charge is 0.480 e. The maximum Gasteiger partial charge on any atom is 0.328 e. The molecule has 0 aromatic heterocycles. The van der Waals surface area contributed by atoms with E-state index in [2.05, 4.69) is 0 Å². The monoisotopic (exact) mass is 314 g/mol. The minimum atomic E-state index is -2.00. The Kier molecular flexibility index (Phi) is 5.75. The van der Waals surface area contributed by atoms with E-state index >= 15 is 0 Å². The average molecular weight is 315 g/mol. The highest BCUT2D eigenvalue weighted by atomic mass is 35.5. The number of carboxylic acid groups (broad SMARTS) is 1. The number of carbonyl (C=O) groups excluding carboxylic acids is 1. The van der Waals surface area contributed by atoms with Gasteiger partial charge in [-0.05, 0) is 31.5 Å². The second-order valence-electron chi connectivity index (χ2n) is 4.87. The number of rotatable bonds is 6. The summed E-state index contributed by atoms with van der Waals surface area (Å²) in [4.78, 5) is 24.3. The van der Waals surface area contributed by atoms with Gasteiger partial charge in [0.2, 0.25) is 0 Å². The lowest BCUT2D eigenvalue weighted by molar-refractivity contribution is -0.167. The van der Waals surface area contributed by atoms with Gasteiger partial charge in [0.15, 0.2) is 5.41 Å². The van der Waals surface area contributed by atoms with Crippen LogP contribution in [0.15, 0.2) is 24.3 Å². The molecule has 6 heteroatoms. The number of aliphatic hydroxyl groups excluding tert-OH is 1. The SMILES string of the molecule is CCOC(=O)C(C(=O)O)(c1cccc(Cl)c1)C(C)C(C)O. The number of esters is 1. The van der Waals surface area contributed by atoms with E-state index in [4.69, 9.17) is 16.3 Å². The zero-order valence-corrected chi connectivity index (χ0v) is 12.9. The summed E-state index contributed by atoms with van der Waals surface area (Å²) < 4.78 is 4.96. The molecule has 1 aromatic carbocycles. The third-order valence-corrected chi connectivity index (χ3v) is 3.86. The lowest BCUT2D eigenvalue weighted by Crippen LogP contribution is -2.53. The van der Waals surface area contributed by atoms with Gasteiger partial charge in [-0.1, -0.05) is 30.7 Å². The van der Waals surface area contributed by atoms with Crippen LogP contribution in [0.5, 0.6) is 0 Å². The molecule has 0 radical (unpaired) electrons. The van der Waals surface area contributed by atoms with E-state index < -0.39 is 29.4 Å². The number of ether oxygens (including phenoxy) is 1. The molecule has 0 fully saturated rings. The summed E-state index contributed by atoms with van der Waals surface area (Å²) in [6.45, 7) is 4.57. The minimum Gasteiger partial charge on any atom is -0.480 e. The van der Waals surface area contributed by atoms with Crippen LogP contribution >= 0.6 is 11.6 Å². The molecule has 21 heavy (non-hydrogen) atoms. The van der Waals surface area contributed by atoms with Crippen molar-refractivity contribution in [3.63, 3.8) is 0 Å². The summed E-state index contributed by atoms with van der Waals surface area (Å²) in [6, 6.07) is 6.04. The van der Waals surface area contributed by atoms with Crippen LogP contribution in [-0.4, -0.2) is 34.9 Å². The first-order valence-corrected chi connectivity index (χ1v) is 7.00. The van der Waals surface area contributed by atoms with Gasteiger partial charge in [-0.25, -0.2) is 0 Å². The third-order valence-electron chi connectivity index (χ3n) is 3.62. The molecular formula is C15H19ClO5. The summed E-state index contributed by atoms with van der Waals surface area (Å²) in [5.74, 6) is -3.18. The van der Waals surface area contributed by atoms with Gasteiger partial charge in [-0.15, -0.1) is 0 Å². The lowest BCUT2D eigenvalue weighted by atomic mass is 9.69. The van der Waals surface area contributed by atoms with E-state index in [1.165, 1.54) is 26.0 Å². The maximum atomic E-state index is 12.4. The summed E-state index contributed by atoms with van der Waals surface area (Å²) in [7, 11) is 0. The molecule has 3 unspecified atom stereocenters. The second kappa shape index (κ2) is 6.91. The molecule has 3 atom stereocenters. The van der Waals surface area contributed by atoms with Crippen molar-refractivity contribution in [2.24, 2.45) is 5.92 Å². The first-order chi connectivity index (χ1) is 9.78. The molecule has 0 bridgehead atoms. The molecule has 1 aromatic rings. The topological polar surface area (TPSA) is 83.8 Å². The van der Waals surface area contributed by atoms with Gasteiger partial charge in [-0.3, -0.25) is 9.59 Å². The molecule has 0 aliphatic carbocycles. The van der Waals surface area contributed by atoms with Gasteiger partial charge < -0.3 is 14.9 Å². The lowest BCUT2D eigenvalue weighted by Gasteiger charge is -2.34. The van der Waals surface area contributed by atoms with Crippen molar-refractivity contribution in [2.75, 3.05) is 6.61 Å². The Morgan fingerprint density at radius 3 is 2.43 bits per heavy atom. The molecule has 0 saturated heterocycles. The van der Waals surface area contributed by atoms with E-state index in [-0.39, 0.29) is 12.2 Å². The van der Waals surface area contributed by atoms with Crippen molar-refractivity contribution in [3.05, 3.63) is 34.9 Å². The molecule has 0 saturated carbocycles. The third kappa shape index (κ3) is 3.19. The number of hydrogen-bond donors (Lipinski definition) is 2. The van der Waals surface area contributed by atoms with Gasteiger partial charge in [0, 0.05) is 10.9 Å². The van der Waals surface area contributed by atoms with Crippen molar-refractivity contribution in [1.82, 2.24) is 0 Å². The maximum absolute atomic E-state index is 12.4. The van der Waals surface area contributed by atoms with Gasteiger partial charge >= 0.3 is 11.9 Å². The van der Waals surface area contributed by atoms with E-state index in [1.807, 2.05) is 0 Å². The summed E-state index contributed by atoms with van der Waals surface area (Å²) in [5.41, 5.74) is -1.82. The number of carbonyl (C=O) groups is 2. The molecular weight excluding hydrogens is 296 g/mol. The van der Waals surface area contributed by atoms with Crippen molar-refractivity contribution < 1.29 is 24.5 Å². The fourth-order valence-corrected chi connectivity index (χ4v) is 2.50. The number of carboxylic acids is 1. The average Bonchev–Trinajstić information content (AvgIpc) is 2.39. The Morgan fingerprint density at radius 2 is 2.00 bits per heavy atom. The minimum absolute atomic E-state index is 0.0426. The van der Waals surface area contributed by atoms with Crippen molar-refractivity contribution in [1.29, 1.82) is 0 Å². The van der Waals surface area contributed by atoms with Gasteiger partial charge in [0.05, 0.1) is 12.7 Å². The van der Waals surface area contributed by atoms with Crippen molar-refractivity contribution in [3.8, 4) is 0 Å². The Morgan fingerprint density at radius 1 is 1.38 bits per heavy atom. The Balaban J connectivity index is 3.59. The van der Waals surface area contributed by atoms with E-state index in [9.17, 15) is 19.8 Å². The molecule has 5 nitrogen and oxygen atoms in total. The Bertz CT molecular complexity index is 529. The number of aliphatic carboxylic acids is 1. The van der Waals surface area contributed by atoms with Gasteiger partial charge in [-0.2, -0.15) is 0 Å². The zero-order valence-electron chi connectivity index (χ0n) is 12.2. The van der Waals surface area contributed by atoms with Crippen molar-refractivity contribution >= 4 is 23.5 Å². The first-order valence-electron chi connectivity index (χ1n) is 6.63. The fraction of sp³-hybridized carbons (Fsp3) is 0.467. The first kappa shape index (κ1) is 17.5. The molecule has 0 aliphatic heterocycles. The van der Waals surface area contributed by atoms with E-state index in [1.54, 1.807) is 19.1 Å². The number of aliphatic hydroxyl groups is 1. The number of halogens is 1. The fourth-order valence-electron chi connectivity index (χ4n) is 2.31. The molecule has 1 rings (SSSR count). The van der Waals surface area contributed by atoms with Crippen LogP contribution in [0.3, 0.4) is 0 Å². The molecule has 0 spiro atoms. The second-order valence-corrected chi connectivity index (χ2v) is 5.31. The Hall–Kier alpha value is -1.59. The van der Waals surface area contributed by atoms with Gasteiger partial charge in [0.25, 0.3) is 0 Å². The van der Waals surface area contributed by atoms with Crippen LogP contribution in [0.25, 0.3) is 0 Å². The van der Waals surface area contributed by atoms with E-state index in [0.717, 1.165) is 0 Å². The standard InChI is InChI=1S/C15H19ClO5/c1-4-21-14(20)15(13(18)19,9(2)10(3)17)11-6-5-7-12(16)8-11/h5-10,17H,4H2,1-3H3,(H,18,19). The van der Waals surface area contributed by atoms with Crippen LogP contribution in [-0.2, 0) is 19.7 Å². The van der Waals surface area contributed by atoms with Crippen LogP contribution in [0.4, 0.5) is 0 Å². The predicted octanol–water partition coefficient (Wildman–Crippen LogP) is 2.24. The summed E-state index contributed by atoms with van der Waals surface area (Å²) in [5, 5.41) is 19.9. The Labute approximate surface area is 128 Å². The highest BCUT2D eigenvalue weighted by Crippen LogP contribution is 2.37. The molecule has 0 aliphatic rings. The van der Waals surface area contributed by atoms with Crippen molar-refractivity contribution in [2.45, 2.75) is 32.3 Å². The molecule has 116 valence electrons. The van der Waals surface area contributed by atoms with Crippen LogP contribution in [0, 0.1) is 5.92 Å². The van der Waals surface area contributed by atoms with Gasteiger partial charge in [0.1, 0.15) is 0 Å².